The molecule has 5 heteroatoms. The number of nitro benzene ring substituents is 1. The van der Waals surface area contributed by atoms with Gasteiger partial charge in [-0.15, -0.1) is 0 Å². The van der Waals surface area contributed by atoms with E-state index in [1.54, 1.807) is 18.3 Å². The van der Waals surface area contributed by atoms with Gasteiger partial charge < -0.3 is 4.90 Å². The summed E-state index contributed by atoms with van der Waals surface area (Å²) in [5.74, 6) is 0. The minimum Gasteiger partial charge on any atom is -0.372 e. The Kier molecular flexibility index (Phi) is 7.80. The van der Waals surface area contributed by atoms with E-state index in [1.165, 1.54) is 43.5 Å². The summed E-state index contributed by atoms with van der Waals surface area (Å²) in [6, 6.07) is 14.7. The lowest BCUT2D eigenvalue weighted by atomic mass is 10.2. The van der Waals surface area contributed by atoms with Gasteiger partial charge in [-0.2, -0.15) is 0 Å². The first-order valence-electron chi connectivity index (χ1n) is 9.27. The molecule has 2 aromatic carbocycles. The largest absolute Gasteiger partial charge is 0.372 e. The second-order valence-electron chi connectivity index (χ2n) is 6.32. The highest BCUT2D eigenvalue weighted by Crippen LogP contribution is 2.19. The zero-order chi connectivity index (χ0) is 18.8. The van der Waals surface area contributed by atoms with Gasteiger partial charge in [0, 0.05) is 37.1 Å². The van der Waals surface area contributed by atoms with Crippen LogP contribution in [-0.2, 0) is 0 Å². The number of nitro groups is 1. The number of rotatable bonds is 10. The first kappa shape index (κ1) is 19.6. The van der Waals surface area contributed by atoms with Gasteiger partial charge in [0.05, 0.1) is 10.6 Å². The standard InChI is InChI=1S/C21H27N3O2/c1-3-5-15-23(16-6-4-2)20-11-7-18(8-12-20)17-22-19-9-13-21(14-10-19)24(25)26/h7-14,17H,3-6,15-16H2,1-2H3. The molecule has 0 aliphatic heterocycles. The Balaban J connectivity index is 2.03. The van der Waals surface area contributed by atoms with Gasteiger partial charge >= 0.3 is 0 Å². The van der Waals surface area contributed by atoms with Gasteiger partial charge in [0.25, 0.3) is 5.69 Å². The van der Waals surface area contributed by atoms with Crippen LogP contribution < -0.4 is 4.90 Å². The maximum Gasteiger partial charge on any atom is 0.269 e. The van der Waals surface area contributed by atoms with E-state index in [-0.39, 0.29) is 5.69 Å². The zero-order valence-corrected chi connectivity index (χ0v) is 15.6. The molecular formula is C21H27N3O2. The third-order valence-electron chi connectivity index (χ3n) is 4.24. The Morgan fingerprint density at radius 1 is 0.962 bits per heavy atom. The summed E-state index contributed by atoms with van der Waals surface area (Å²) in [5, 5.41) is 10.7. The average molecular weight is 353 g/mol. The van der Waals surface area contributed by atoms with Crippen LogP contribution in [0.2, 0.25) is 0 Å². The quantitative estimate of drug-likeness (QED) is 0.310. The van der Waals surface area contributed by atoms with Crippen LogP contribution in [0.3, 0.4) is 0 Å². The third kappa shape index (κ3) is 5.99. The van der Waals surface area contributed by atoms with E-state index in [1.807, 2.05) is 0 Å². The molecule has 0 saturated carbocycles. The van der Waals surface area contributed by atoms with Crippen LogP contribution in [-0.4, -0.2) is 24.2 Å². The summed E-state index contributed by atoms with van der Waals surface area (Å²) in [6.45, 7) is 6.62. The van der Waals surface area contributed by atoms with Gasteiger partial charge in [-0.1, -0.05) is 38.8 Å². The van der Waals surface area contributed by atoms with Crippen LogP contribution in [0.25, 0.3) is 0 Å². The molecule has 0 aromatic heterocycles. The summed E-state index contributed by atoms with van der Waals surface area (Å²) in [5.41, 5.74) is 3.04. The first-order valence-corrected chi connectivity index (χ1v) is 9.27. The Morgan fingerprint density at radius 2 is 1.54 bits per heavy atom. The van der Waals surface area contributed by atoms with Crippen LogP contribution in [0.5, 0.6) is 0 Å². The minimum absolute atomic E-state index is 0.0764. The number of aliphatic imine (C=N–C) groups is 1. The van der Waals surface area contributed by atoms with E-state index < -0.39 is 4.92 Å². The molecule has 138 valence electrons. The molecule has 0 radical (unpaired) electrons. The van der Waals surface area contributed by atoms with Crippen molar-refractivity contribution >= 4 is 23.3 Å². The number of hydrogen-bond acceptors (Lipinski definition) is 4. The predicted molar refractivity (Wildman–Crippen MR) is 109 cm³/mol. The predicted octanol–water partition coefficient (Wildman–Crippen LogP) is 5.75. The topological polar surface area (TPSA) is 58.7 Å². The monoisotopic (exact) mass is 353 g/mol. The summed E-state index contributed by atoms with van der Waals surface area (Å²) in [7, 11) is 0. The number of anilines is 1. The zero-order valence-electron chi connectivity index (χ0n) is 15.6. The molecule has 2 aromatic rings. The molecule has 26 heavy (non-hydrogen) atoms. The molecule has 0 aliphatic rings. The third-order valence-corrected chi connectivity index (χ3v) is 4.24. The molecule has 0 fully saturated rings. The fourth-order valence-corrected chi connectivity index (χ4v) is 2.65. The number of nitrogens with zero attached hydrogens (tertiary/aromatic N) is 3. The molecule has 2 rings (SSSR count). The van der Waals surface area contributed by atoms with Crippen molar-refractivity contribution in [2.75, 3.05) is 18.0 Å². The van der Waals surface area contributed by atoms with Crippen molar-refractivity contribution in [2.24, 2.45) is 4.99 Å². The second-order valence-corrected chi connectivity index (χ2v) is 6.32. The Morgan fingerprint density at radius 3 is 2.04 bits per heavy atom. The van der Waals surface area contributed by atoms with E-state index in [2.05, 4.69) is 48.0 Å². The molecule has 0 saturated heterocycles. The average Bonchev–Trinajstić information content (AvgIpc) is 2.67. The van der Waals surface area contributed by atoms with Crippen molar-refractivity contribution in [3.63, 3.8) is 0 Å². The lowest BCUT2D eigenvalue weighted by molar-refractivity contribution is -0.384. The molecule has 0 amide bonds. The molecule has 0 heterocycles. The highest BCUT2D eigenvalue weighted by Gasteiger charge is 2.05. The van der Waals surface area contributed by atoms with Gasteiger partial charge in [-0.3, -0.25) is 15.1 Å². The van der Waals surface area contributed by atoms with Crippen molar-refractivity contribution in [1.29, 1.82) is 0 Å². The summed E-state index contributed by atoms with van der Waals surface area (Å²) in [4.78, 5) is 17.1. The van der Waals surface area contributed by atoms with Crippen LogP contribution in [0.15, 0.2) is 53.5 Å². The van der Waals surface area contributed by atoms with E-state index >= 15 is 0 Å². The highest BCUT2D eigenvalue weighted by atomic mass is 16.6. The molecule has 0 N–H and O–H groups in total. The van der Waals surface area contributed by atoms with E-state index in [0.717, 1.165) is 18.7 Å². The van der Waals surface area contributed by atoms with Crippen molar-refractivity contribution in [2.45, 2.75) is 39.5 Å². The summed E-state index contributed by atoms with van der Waals surface area (Å²) < 4.78 is 0. The van der Waals surface area contributed by atoms with Crippen LogP contribution in [0, 0.1) is 10.1 Å². The van der Waals surface area contributed by atoms with E-state index in [9.17, 15) is 10.1 Å². The lowest BCUT2D eigenvalue weighted by Crippen LogP contribution is -2.25. The molecular weight excluding hydrogens is 326 g/mol. The minimum atomic E-state index is -0.408. The van der Waals surface area contributed by atoms with Gasteiger partial charge in [0.15, 0.2) is 0 Å². The Bertz CT molecular complexity index is 701. The number of unbranched alkanes of at least 4 members (excludes halogenated alkanes) is 2. The van der Waals surface area contributed by atoms with Crippen molar-refractivity contribution in [3.05, 3.63) is 64.2 Å². The molecule has 0 bridgehead atoms. The number of hydrogen-bond donors (Lipinski definition) is 0. The highest BCUT2D eigenvalue weighted by molar-refractivity contribution is 5.82. The Labute approximate surface area is 155 Å². The maximum atomic E-state index is 10.7. The summed E-state index contributed by atoms with van der Waals surface area (Å²) >= 11 is 0. The Hall–Kier alpha value is -2.69. The van der Waals surface area contributed by atoms with Crippen molar-refractivity contribution in [3.8, 4) is 0 Å². The summed E-state index contributed by atoms with van der Waals surface area (Å²) in [6.07, 6.45) is 6.58. The van der Waals surface area contributed by atoms with Gasteiger partial charge in [0.2, 0.25) is 0 Å². The van der Waals surface area contributed by atoms with Gasteiger partial charge in [-0.05, 0) is 42.7 Å². The normalized spacial score (nSPS) is 11.0. The number of benzene rings is 2. The lowest BCUT2D eigenvalue weighted by Gasteiger charge is -2.24. The van der Waals surface area contributed by atoms with Crippen LogP contribution in [0.4, 0.5) is 17.1 Å². The first-order chi connectivity index (χ1) is 12.6. The maximum absolute atomic E-state index is 10.7. The van der Waals surface area contributed by atoms with Crippen molar-refractivity contribution < 1.29 is 4.92 Å². The molecule has 0 atom stereocenters. The molecule has 5 nitrogen and oxygen atoms in total. The van der Waals surface area contributed by atoms with E-state index in [4.69, 9.17) is 0 Å². The SMILES string of the molecule is CCCCN(CCCC)c1ccc(C=Nc2ccc([N+](=O)[O-])cc2)cc1. The van der Waals surface area contributed by atoms with E-state index in [0.29, 0.717) is 5.69 Å². The molecule has 0 spiro atoms. The van der Waals surface area contributed by atoms with Crippen LogP contribution in [0.1, 0.15) is 45.1 Å². The fourth-order valence-electron chi connectivity index (χ4n) is 2.65. The van der Waals surface area contributed by atoms with Crippen molar-refractivity contribution in [1.82, 2.24) is 0 Å². The second kappa shape index (κ2) is 10.3. The van der Waals surface area contributed by atoms with Gasteiger partial charge in [-0.25, -0.2) is 0 Å². The molecule has 0 aliphatic carbocycles. The van der Waals surface area contributed by atoms with Gasteiger partial charge in [0.1, 0.15) is 0 Å². The number of non-ortho nitro benzene ring substituents is 1. The smallest absolute Gasteiger partial charge is 0.269 e. The molecule has 0 unspecified atom stereocenters. The fraction of sp³-hybridized carbons (Fsp3) is 0.381. The van der Waals surface area contributed by atoms with Crippen LogP contribution >= 0.6 is 0 Å².